The molecule has 1 saturated heterocycles. The van der Waals surface area contributed by atoms with Gasteiger partial charge in [-0.3, -0.25) is 14.9 Å². The van der Waals surface area contributed by atoms with E-state index in [0.717, 1.165) is 15.3 Å². The van der Waals surface area contributed by atoms with Gasteiger partial charge < -0.3 is 14.3 Å². The van der Waals surface area contributed by atoms with Crippen molar-refractivity contribution < 1.29 is 14.2 Å². The molecule has 134 valence electrons. The Bertz CT molecular complexity index is 990. The number of carbonyl (C=O) groups is 1. The largest absolute Gasteiger partial charge is 0.351 e. The van der Waals surface area contributed by atoms with Gasteiger partial charge in [-0.05, 0) is 13.0 Å². The normalized spacial score (nSPS) is 14.8. The van der Waals surface area contributed by atoms with E-state index in [4.69, 9.17) is 4.52 Å². The Balaban J connectivity index is 1.47. The summed E-state index contributed by atoms with van der Waals surface area (Å²) in [5.41, 5.74) is 1.48. The highest BCUT2D eigenvalue weighted by molar-refractivity contribution is 7.22. The average Bonchev–Trinajstić information content (AvgIpc) is 3.26. The van der Waals surface area contributed by atoms with Crippen molar-refractivity contribution in [1.82, 2.24) is 15.0 Å². The highest BCUT2D eigenvalue weighted by Crippen LogP contribution is 2.31. The SMILES string of the molecule is Cc1cc(C(=O)N2CCN(c3nc4ccc([N+](=O)[O-])cc4s3)CC2)on1. The quantitative estimate of drug-likeness (QED) is 0.513. The highest BCUT2D eigenvalue weighted by atomic mass is 32.1. The molecule has 1 fully saturated rings. The zero-order valence-electron chi connectivity index (χ0n) is 13.9. The lowest BCUT2D eigenvalue weighted by molar-refractivity contribution is -0.384. The van der Waals surface area contributed by atoms with Crippen molar-refractivity contribution in [2.24, 2.45) is 0 Å². The van der Waals surface area contributed by atoms with Crippen LogP contribution in [0.3, 0.4) is 0 Å². The van der Waals surface area contributed by atoms with Crippen molar-refractivity contribution in [2.75, 3.05) is 31.1 Å². The van der Waals surface area contributed by atoms with Crippen LogP contribution < -0.4 is 4.90 Å². The molecule has 1 aliphatic heterocycles. The van der Waals surface area contributed by atoms with Crippen LogP contribution in [0.4, 0.5) is 10.8 Å². The maximum atomic E-state index is 12.4. The molecule has 26 heavy (non-hydrogen) atoms. The van der Waals surface area contributed by atoms with Crippen LogP contribution in [0.1, 0.15) is 16.2 Å². The molecule has 1 aromatic carbocycles. The number of thiazole rings is 1. The predicted molar refractivity (Wildman–Crippen MR) is 95.6 cm³/mol. The molecule has 3 heterocycles. The number of aromatic nitrogens is 2. The van der Waals surface area contributed by atoms with Crippen LogP contribution in [0.25, 0.3) is 10.2 Å². The lowest BCUT2D eigenvalue weighted by atomic mass is 10.3. The Morgan fingerprint density at radius 2 is 2.04 bits per heavy atom. The van der Waals surface area contributed by atoms with Gasteiger partial charge in [-0.15, -0.1) is 0 Å². The Hall–Kier alpha value is -3.01. The van der Waals surface area contributed by atoms with Crippen molar-refractivity contribution in [2.45, 2.75) is 6.92 Å². The molecule has 0 saturated carbocycles. The average molecular weight is 373 g/mol. The number of carbonyl (C=O) groups excluding carboxylic acids is 1. The number of hydrogen-bond acceptors (Lipinski definition) is 8. The van der Waals surface area contributed by atoms with Crippen molar-refractivity contribution >= 4 is 38.3 Å². The minimum Gasteiger partial charge on any atom is -0.351 e. The fourth-order valence-electron chi connectivity index (χ4n) is 2.87. The highest BCUT2D eigenvalue weighted by Gasteiger charge is 2.26. The summed E-state index contributed by atoms with van der Waals surface area (Å²) in [5, 5.41) is 15.5. The van der Waals surface area contributed by atoms with Gasteiger partial charge in [0.25, 0.3) is 11.6 Å². The summed E-state index contributed by atoms with van der Waals surface area (Å²) >= 11 is 1.42. The number of amides is 1. The first-order valence-electron chi connectivity index (χ1n) is 8.04. The third-order valence-corrected chi connectivity index (χ3v) is 5.33. The van der Waals surface area contributed by atoms with Gasteiger partial charge in [-0.1, -0.05) is 16.5 Å². The molecule has 0 unspecified atom stereocenters. The van der Waals surface area contributed by atoms with Crippen molar-refractivity contribution in [3.05, 3.63) is 45.8 Å². The first-order chi connectivity index (χ1) is 12.5. The number of fused-ring (bicyclic) bond motifs is 1. The van der Waals surface area contributed by atoms with Crippen LogP contribution in [-0.2, 0) is 0 Å². The van der Waals surface area contributed by atoms with Gasteiger partial charge in [0.2, 0.25) is 5.76 Å². The number of anilines is 1. The maximum Gasteiger partial charge on any atom is 0.292 e. The Labute approximate surface area is 152 Å². The number of aryl methyl sites for hydroxylation is 1. The standard InChI is InChI=1S/C16H15N5O4S/c1-10-8-13(25-18-10)15(22)19-4-6-20(7-5-19)16-17-12-3-2-11(21(23)24)9-14(12)26-16/h2-3,8-9H,4-7H2,1H3. The molecule has 1 aliphatic rings. The number of nitro benzene ring substituents is 1. The third-order valence-electron chi connectivity index (χ3n) is 4.25. The Morgan fingerprint density at radius 1 is 1.27 bits per heavy atom. The van der Waals surface area contributed by atoms with Gasteiger partial charge in [0.15, 0.2) is 5.13 Å². The second-order valence-corrected chi connectivity index (χ2v) is 7.03. The molecule has 3 aromatic rings. The first-order valence-corrected chi connectivity index (χ1v) is 8.85. The number of nitro groups is 1. The maximum absolute atomic E-state index is 12.4. The van der Waals surface area contributed by atoms with Gasteiger partial charge in [0.05, 0.1) is 20.8 Å². The summed E-state index contributed by atoms with van der Waals surface area (Å²) < 4.78 is 5.82. The molecule has 10 heteroatoms. The van der Waals surface area contributed by atoms with Crippen molar-refractivity contribution in [3.63, 3.8) is 0 Å². The van der Waals surface area contributed by atoms with E-state index in [9.17, 15) is 14.9 Å². The molecule has 1 amide bonds. The summed E-state index contributed by atoms with van der Waals surface area (Å²) in [7, 11) is 0. The summed E-state index contributed by atoms with van der Waals surface area (Å²) in [6.45, 7) is 4.15. The van der Waals surface area contributed by atoms with Crippen LogP contribution in [0.15, 0.2) is 28.8 Å². The lowest BCUT2D eigenvalue weighted by Gasteiger charge is -2.33. The number of rotatable bonds is 3. The summed E-state index contributed by atoms with van der Waals surface area (Å²) in [6, 6.07) is 6.30. The monoisotopic (exact) mass is 373 g/mol. The number of benzene rings is 1. The van der Waals surface area contributed by atoms with Gasteiger partial charge in [-0.2, -0.15) is 0 Å². The molecule has 0 atom stereocenters. The molecule has 4 rings (SSSR count). The zero-order valence-corrected chi connectivity index (χ0v) is 14.7. The third kappa shape index (κ3) is 2.99. The second kappa shape index (κ2) is 6.37. The van der Waals surface area contributed by atoms with Crippen LogP contribution in [0.5, 0.6) is 0 Å². The van der Waals surface area contributed by atoms with E-state index in [0.29, 0.717) is 31.9 Å². The summed E-state index contributed by atoms with van der Waals surface area (Å²) in [5.74, 6) is 0.0911. The molecule has 0 spiro atoms. The van der Waals surface area contributed by atoms with E-state index in [2.05, 4.69) is 15.0 Å². The molecular weight excluding hydrogens is 358 g/mol. The van der Waals surface area contributed by atoms with E-state index in [1.807, 2.05) is 0 Å². The molecule has 0 N–H and O–H groups in total. The summed E-state index contributed by atoms with van der Waals surface area (Å²) in [6.07, 6.45) is 0. The molecule has 0 bridgehead atoms. The molecule has 0 radical (unpaired) electrons. The van der Waals surface area contributed by atoms with E-state index < -0.39 is 4.92 Å². The van der Waals surface area contributed by atoms with Crippen LogP contribution >= 0.6 is 11.3 Å². The number of piperazine rings is 1. The Morgan fingerprint density at radius 3 is 2.69 bits per heavy atom. The smallest absolute Gasteiger partial charge is 0.292 e. The second-order valence-electron chi connectivity index (χ2n) is 6.02. The van der Waals surface area contributed by atoms with Crippen LogP contribution in [0.2, 0.25) is 0 Å². The fourth-order valence-corrected chi connectivity index (χ4v) is 3.92. The fraction of sp³-hybridized carbons (Fsp3) is 0.312. The number of nitrogens with zero attached hydrogens (tertiary/aromatic N) is 5. The topological polar surface area (TPSA) is 106 Å². The Kier molecular flexibility index (Phi) is 4.03. The summed E-state index contributed by atoms with van der Waals surface area (Å²) in [4.78, 5) is 31.3. The van der Waals surface area contributed by atoms with Gasteiger partial charge in [-0.25, -0.2) is 4.98 Å². The predicted octanol–water partition coefficient (Wildman–Crippen LogP) is 2.46. The van der Waals surface area contributed by atoms with Crippen LogP contribution in [0, 0.1) is 17.0 Å². The van der Waals surface area contributed by atoms with E-state index in [1.54, 1.807) is 30.0 Å². The first kappa shape index (κ1) is 16.5. The molecular formula is C16H15N5O4S. The molecule has 9 nitrogen and oxygen atoms in total. The zero-order chi connectivity index (χ0) is 18.3. The van der Waals surface area contributed by atoms with Crippen LogP contribution in [-0.4, -0.2) is 52.1 Å². The lowest BCUT2D eigenvalue weighted by Crippen LogP contribution is -2.48. The van der Waals surface area contributed by atoms with Gasteiger partial charge >= 0.3 is 0 Å². The minimum atomic E-state index is -0.408. The molecule has 2 aromatic heterocycles. The number of non-ortho nitro benzene ring substituents is 1. The van der Waals surface area contributed by atoms with Crippen molar-refractivity contribution in [1.29, 1.82) is 0 Å². The van der Waals surface area contributed by atoms with Gasteiger partial charge in [0.1, 0.15) is 0 Å². The molecule has 0 aliphatic carbocycles. The van der Waals surface area contributed by atoms with E-state index in [1.165, 1.54) is 17.4 Å². The van der Waals surface area contributed by atoms with Gasteiger partial charge in [0, 0.05) is 44.4 Å². The van der Waals surface area contributed by atoms with E-state index >= 15 is 0 Å². The van der Waals surface area contributed by atoms with E-state index in [-0.39, 0.29) is 17.4 Å². The number of hydrogen-bond donors (Lipinski definition) is 0. The van der Waals surface area contributed by atoms with Crippen molar-refractivity contribution in [3.8, 4) is 0 Å². The minimum absolute atomic E-state index is 0.0606.